The summed E-state index contributed by atoms with van der Waals surface area (Å²) in [6.07, 6.45) is -1.23. The fraction of sp³-hybridized carbons (Fsp3) is 0.724. The molecule has 1 fully saturated rings. The number of hydrogen-bond donors (Lipinski definition) is 0. The van der Waals surface area contributed by atoms with Crippen molar-refractivity contribution < 1.29 is 28.2 Å². The minimum absolute atomic E-state index is 0.00371. The highest BCUT2D eigenvalue weighted by Gasteiger charge is 2.72. The van der Waals surface area contributed by atoms with Crippen molar-refractivity contribution in [1.82, 2.24) is 0 Å². The van der Waals surface area contributed by atoms with Crippen molar-refractivity contribution in [2.45, 2.75) is 122 Å². The molecule has 8 heteroatoms. The number of rotatable bonds is 11. The third-order valence-corrected chi connectivity index (χ3v) is 20.4. The first-order valence-corrected chi connectivity index (χ1v) is 18.9. The van der Waals surface area contributed by atoms with E-state index in [4.69, 9.17) is 18.6 Å². The van der Waals surface area contributed by atoms with E-state index in [-0.39, 0.29) is 19.3 Å². The van der Waals surface area contributed by atoms with Gasteiger partial charge in [-0.05, 0) is 30.5 Å². The molecule has 1 aromatic rings. The standard InChI is InChI=1S/C29H50O6Si2/c1-13-32-27(31)29(19-33-37(20(2)3,21(4)5)22(6)7)26(34-24(9)30)28(10,23(8)35-29)36(11,12)25-17-15-14-16-18-25/h14-18,20-23,26H,13,19H2,1-12H3/t23-,26+,28-,29+/m1/s1. The molecule has 210 valence electrons. The maximum Gasteiger partial charge on any atom is 0.344 e. The molecule has 1 heterocycles. The van der Waals surface area contributed by atoms with E-state index in [0.717, 1.165) is 0 Å². The van der Waals surface area contributed by atoms with Gasteiger partial charge in [-0.3, -0.25) is 4.79 Å². The molecule has 1 saturated heterocycles. The van der Waals surface area contributed by atoms with Gasteiger partial charge in [-0.15, -0.1) is 0 Å². The number of ether oxygens (including phenoxy) is 3. The van der Waals surface area contributed by atoms with Crippen LogP contribution in [0.1, 0.15) is 69.2 Å². The van der Waals surface area contributed by atoms with Crippen molar-refractivity contribution in [2.24, 2.45) is 0 Å². The van der Waals surface area contributed by atoms with Gasteiger partial charge in [0.25, 0.3) is 0 Å². The summed E-state index contributed by atoms with van der Waals surface area (Å²) >= 11 is 0. The van der Waals surface area contributed by atoms with Crippen LogP contribution in [0.4, 0.5) is 0 Å². The molecular weight excluding hydrogens is 500 g/mol. The average molecular weight is 551 g/mol. The second kappa shape index (κ2) is 11.7. The van der Waals surface area contributed by atoms with Crippen molar-refractivity contribution in [3.05, 3.63) is 30.3 Å². The monoisotopic (exact) mass is 550 g/mol. The van der Waals surface area contributed by atoms with E-state index in [1.165, 1.54) is 12.1 Å². The normalized spacial score (nSPS) is 26.7. The SMILES string of the molecule is CCOC(=O)[C@@]1(CO[Si](C(C)C)(C(C)C)C(C)C)O[C@H](C)[C@@](C)([Si](C)(C)c2ccccc2)[C@@H]1OC(C)=O. The van der Waals surface area contributed by atoms with Crippen LogP contribution >= 0.6 is 0 Å². The molecular formula is C29H50O6Si2. The molecule has 1 aromatic carbocycles. The lowest BCUT2D eigenvalue weighted by molar-refractivity contribution is -0.190. The Bertz CT molecular complexity index is 910. The summed E-state index contributed by atoms with van der Waals surface area (Å²) in [6.45, 7) is 25.3. The van der Waals surface area contributed by atoms with Gasteiger partial charge in [0.15, 0.2) is 8.32 Å². The Hall–Kier alpha value is -1.49. The Balaban J connectivity index is 2.76. The van der Waals surface area contributed by atoms with Crippen LogP contribution < -0.4 is 5.19 Å². The van der Waals surface area contributed by atoms with Crippen molar-refractivity contribution >= 4 is 33.5 Å². The Morgan fingerprint density at radius 1 is 1.00 bits per heavy atom. The van der Waals surface area contributed by atoms with E-state index in [9.17, 15) is 9.59 Å². The lowest BCUT2D eigenvalue weighted by Gasteiger charge is -2.47. The van der Waals surface area contributed by atoms with E-state index in [1.54, 1.807) is 6.92 Å². The summed E-state index contributed by atoms with van der Waals surface area (Å²) in [5, 5.41) is 0.578. The van der Waals surface area contributed by atoms with Crippen LogP contribution in [0.15, 0.2) is 30.3 Å². The fourth-order valence-corrected chi connectivity index (χ4v) is 16.0. The summed E-state index contributed by atoms with van der Waals surface area (Å²) < 4.78 is 25.5. The number of benzene rings is 1. The highest BCUT2D eigenvalue weighted by Crippen LogP contribution is 2.58. The second-order valence-corrected chi connectivity index (χ2v) is 22.6. The lowest BCUT2D eigenvalue weighted by Crippen LogP contribution is -2.64. The maximum atomic E-state index is 13.9. The zero-order valence-electron chi connectivity index (χ0n) is 25.1. The van der Waals surface area contributed by atoms with Gasteiger partial charge >= 0.3 is 11.9 Å². The molecule has 0 radical (unpaired) electrons. The van der Waals surface area contributed by atoms with Gasteiger partial charge in [-0.25, -0.2) is 4.79 Å². The van der Waals surface area contributed by atoms with Crippen LogP contribution in [-0.2, 0) is 28.2 Å². The van der Waals surface area contributed by atoms with Crippen LogP contribution in [0, 0.1) is 0 Å². The van der Waals surface area contributed by atoms with Crippen molar-refractivity contribution in [1.29, 1.82) is 0 Å². The van der Waals surface area contributed by atoms with Gasteiger partial charge in [-0.1, -0.05) is 97.1 Å². The first kappa shape index (κ1) is 31.7. The van der Waals surface area contributed by atoms with Crippen LogP contribution in [0.5, 0.6) is 0 Å². The van der Waals surface area contributed by atoms with Gasteiger partial charge in [0.05, 0.1) is 27.4 Å². The fourth-order valence-electron chi connectivity index (χ4n) is 6.89. The van der Waals surface area contributed by atoms with Gasteiger partial charge in [0.2, 0.25) is 5.60 Å². The summed E-state index contributed by atoms with van der Waals surface area (Å²) in [7, 11) is -4.79. The molecule has 37 heavy (non-hydrogen) atoms. The Morgan fingerprint density at radius 3 is 1.95 bits per heavy atom. The van der Waals surface area contributed by atoms with Crippen molar-refractivity contribution in [2.75, 3.05) is 13.2 Å². The lowest BCUT2D eigenvalue weighted by atomic mass is 9.88. The number of carbonyl (C=O) groups excluding carboxylic acids is 2. The molecule has 4 atom stereocenters. The highest BCUT2D eigenvalue weighted by molar-refractivity contribution is 6.92. The van der Waals surface area contributed by atoms with E-state index < -0.39 is 45.1 Å². The summed E-state index contributed by atoms with van der Waals surface area (Å²) in [5.74, 6) is -0.964. The molecule has 0 bridgehead atoms. The first-order chi connectivity index (χ1) is 17.1. The minimum Gasteiger partial charge on any atom is -0.464 e. The van der Waals surface area contributed by atoms with Crippen LogP contribution in [-0.4, -0.2) is 59.4 Å². The zero-order valence-corrected chi connectivity index (χ0v) is 27.1. The Morgan fingerprint density at radius 2 is 1.51 bits per heavy atom. The zero-order chi connectivity index (χ0) is 28.4. The first-order valence-electron chi connectivity index (χ1n) is 13.8. The number of esters is 2. The van der Waals surface area contributed by atoms with E-state index in [0.29, 0.717) is 16.6 Å². The highest BCUT2D eigenvalue weighted by atomic mass is 28.4. The van der Waals surface area contributed by atoms with Gasteiger partial charge in [-0.2, -0.15) is 0 Å². The predicted octanol–water partition coefficient (Wildman–Crippen LogP) is 6.21. The molecule has 0 amide bonds. The van der Waals surface area contributed by atoms with E-state index >= 15 is 0 Å². The summed E-state index contributed by atoms with van der Waals surface area (Å²) in [6, 6.07) is 10.3. The molecule has 0 aliphatic carbocycles. The second-order valence-electron chi connectivity index (χ2n) is 12.2. The van der Waals surface area contributed by atoms with Crippen LogP contribution in [0.2, 0.25) is 34.8 Å². The third kappa shape index (κ3) is 5.36. The third-order valence-electron chi connectivity index (χ3n) is 9.19. The molecule has 2 rings (SSSR count). The van der Waals surface area contributed by atoms with Crippen molar-refractivity contribution in [3.8, 4) is 0 Å². The molecule has 1 aliphatic heterocycles. The number of carbonyl (C=O) groups is 2. The van der Waals surface area contributed by atoms with E-state index in [2.05, 4.69) is 73.7 Å². The molecule has 0 spiro atoms. The van der Waals surface area contributed by atoms with Crippen LogP contribution in [0.25, 0.3) is 0 Å². The molecule has 0 N–H and O–H groups in total. The maximum absolute atomic E-state index is 13.9. The summed E-state index contributed by atoms with van der Waals surface area (Å²) in [5.41, 5.74) is -0.593. The predicted molar refractivity (Wildman–Crippen MR) is 154 cm³/mol. The minimum atomic E-state index is -2.42. The number of hydrogen-bond acceptors (Lipinski definition) is 6. The Kier molecular flexibility index (Phi) is 10.0. The smallest absolute Gasteiger partial charge is 0.344 e. The van der Waals surface area contributed by atoms with Gasteiger partial charge in [0, 0.05) is 12.0 Å². The molecule has 0 aromatic heterocycles. The summed E-state index contributed by atoms with van der Waals surface area (Å²) in [4.78, 5) is 26.5. The van der Waals surface area contributed by atoms with Gasteiger partial charge < -0.3 is 18.6 Å². The average Bonchev–Trinajstić information content (AvgIpc) is 3.02. The molecule has 0 saturated carbocycles. The van der Waals surface area contributed by atoms with Gasteiger partial charge in [0.1, 0.15) is 6.10 Å². The molecule has 0 unspecified atom stereocenters. The van der Waals surface area contributed by atoms with Crippen molar-refractivity contribution in [3.63, 3.8) is 0 Å². The topological polar surface area (TPSA) is 71.1 Å². The Labute approximate surface area is 226 Å². The molecule has 6 nitrogen and oxygen atoms in total. The van der Waals surface area contributed by atoms with Crippen LogP contribution in [0.3, 0.4) is 0 Å². The molecule has 1 aliphatic rings. The van der Waals surface area contributed by atoms with E-state index in [1.807, 2.05) is 25.1 Å². The quantitative estimate of drug-likeness (QED) is 0.241. The largest absolute Gasteiger partial charge is 0.464 e.